The molecule has 0 saturated heterocycles. The van der Waals surface area contributed by atoms with E-state index in [1.165, 1.54) is 5.56 Å². The lowest BCUT2D eigenvalue weighted by Gasteiger charge is -2.28. The first kappa shape index (κ1) is 13.1. The smallest absolute Gasteiger partial charge is 0.251 e. The van der Waals surface area contributed by atoms with E-state index >= 15 is 0 Å². The molecular weight excluding hydrogens is 226 g/mol. The van der Waals surface area contributed by atoms with E-state index in [4.69, 9.17) is 0 Å². The first-order chi connectivity index (χ1) is 8.70. The highest BCUT2D eigenvalue weighted by molar-refractivity contribution is 5.94. The van der Waals surface area contributed by atoms with Gasteiger partial charge in [-0.15, -0.1) is 0 Å². The Hall–Kier alpha value is -1.35. The van der Waals surface area contributed by atoms with Gasteiger partial charge in [0.15, 0.2) is 0 Å². The first-order valence-electron chi connectivity index (χ1n) is 6.78. The number of benzene rings is 1. The standard InChI is InChI=1S/C15H21NO2/c1-2-11-7-9-12(10-8-11)15(18)16-13-5-3-4-6-14(13)17/h7-10,13-14,17H,2-6H2,1H3,(H,16,18). The van der Waals surface area contributed by atoms with E-state index in [2.05, 4.69) is 12.2 Å². The number of aliphatic hydroxyl groups excluding tert-OH is 1. The maximum Gasteiger partial charge on any atom is 0.251 e. The maximum absolute atomic E-state index is 12.0. The van der Waals surface area contributed by atoms with Crippen molar-refractivity contribution >= 4 is 5.91 Å². The van der Waals surface area contributed by atoms with Gasteiger partial charge < -0.3 is 10.4 Å². The topological polar surface area (TPSA) is 49.3 Å². The molecular formula is C15H21NO2. The van der Waals surface area contributed by atoms with E-state index < -0.39 is 6.10 Å². The van der Waals surface area contributed by atoms with Gasteiger partial charge in [-0.1, -0.05) is 31.9 Å². The van der Waals surface area contributed by atoms with Crippen LogP contribution >= 0.6 is 0 Å². The predicted molar refractivity (Wildman–Crippen MR) is 71.5 cm³/mol. The molecule has 1 amide bonds. The van der Waals surface area contributed by atoms with Gasteiger partial charge in [-0.2, -0.15) is 0 Å². The van der Waals surface area contributed by atoms with Crippen LogP contribution in [-0.2, 0) is 6.42 Å². The Morgan fingerprint density at radius 2 is 1.94 bits per heavy atom. The van der Waals surface area contributed by atoms with Crippen molar-refractivity contribution in [1.82, 2.24) is 5.32 Å². The number of hydrogen-bond acceptors (Lipinski definition) is 2. The van der Waals surface area contributed by atoms with E-state index in [0.29, 0.717) is 5.56 Å². The van der Waals surface area contributed by atoms with E-state index in [0.717, 1.165) is 32.1 Å². The zero-order valence-electron chi connectivity index (χ0n) is 10.9. The molecule has 1 saturated carbocycles. The van der Waals surface area contributed by atoms with Crippen molar-refractivity contribution in [2.75, 3.05) is 0 Å². The molecule has 18 heavy (non-hydrogen) atoms. The van der Waals surface area contributed by atoms with Gasteiger partial charge in [0.25, 0.3) is 5.91 Å². The van der Waals surface area contributed by atoms with Gasteiger partial charge in [-0.3, -0.25) is 4.79 Å². The number of nitrogens with one attached hydrogen (secondary N) is 1. The highest BCUT2D eigenvalue weighted by Crippen LogP contribution is 2.18. The predicted octanol–water partition coefficient (Wildman–Crippen LogP) is 2.28. The van der Waals surface area contributed by atoms with Crippen LogP contribution in [0.4, 0.5) is 0 Å². The lowest BCUT2D eigenvalue weighted by molar-refractivity contribution is 0.0717. The maximum atomic E-state index is 12.0. The van der Waals surface area contributed by atoms with Crippen LogP contribution in [0.5, 0.6) is 0 Å². The largest absolute Gasteiger partial charge is 0.391 e. The van der Waals surface area contributed by atoms with Crippen LogP contribution in [0.15, 0.2) is 24.3 Å². The summed E-state index contributed by atoms with van der Waals surface area (Å²) in [7, 11) is 0. The van der Waals surface area contributed by atoms with Crippen molar-refractivity contribution < 1.29 is 9.90 Å². The Morgan fingerprint density at radius 1 is 1.28 bits per heavy atom. The van der Waals surface area contributed by atoms with Crippen molar-refractivity contribution in [2.24, 2.45) is 0 Å². The van der Waals surface area contributed by atoms with Gasteiger partial charge >= 0.3 is 0 Å². The fourth-order valence-electron chi connectivity index (χ4n) is 2.42. The number of carbonyl (C=O) groups is 1. The van der Waals surface area contributed by atoms with Crippen molar-refractivity contribution in [1.29, 1.82) is 0 Å². The van der Waals surface area contributed by atoms with E-state index in [-0.39, 0.29) is 11.9 Å². The molecule has 0 heterocycles. The minimum absolute atomic E-state index is 0.0800. The summed E-state index contributed by atoms with van der Waals surface area (Å²) in [6.45, 7) is 2.09. The first-order valence-corrected chi connectivity index (χ1v) is 6.78. The van der Waals surface area contributed by atoms with E-state index in [1.807, 2.05) is 24.3 Å². The molecule has 0 aromatic heterocycles. The molecule has 1 aromatic carbocycles. The second-order valence-electron chi connectivity index (χ2n) is 4.98. The summed E-state index contributed by atoms with van der Waals surface area (Å²) in [5.41, 5.74) is 1.90. The average molecular weight is 247 g/mol. The van der Waals surface area contributed by atoms with Crippen molar-refractivity contribution in [3.63, 3.8) is 0 Å². The van der Waals surface area contributed by atoms with E-state index in [1.54, 1.807) is 0 Å². The Balaban J connectivity index is 1.97. The molecule has 1 aliphatic rings. The number of amides is 1. The molecule has 3 nitrogen and oxygen atoms in total. The summed E-state index contributed by atoms with van der Waals surface area (Å²) >= 11 is 0. The molecule has 2 atom stereocenters. The Bertz CT molecular complexity index is 399. The summed E-state index contributed by atoms with van der Waals surface area (Å²) in [5.74, 6) is -0.0800. The molecule has 0 bridgehead atoms. The fourth-order valence-corrected chi connectivity index (χ4v) is 2.42. The quantitative estimate of drug-likeness (QED) is 0.861. The minimum Gasteiger partial charge on any atom is -0.391 e. The molecule has 2 N–H and O–H groups in total. The molecule has 2 rings (SSSR count). The van der Waals surface area contributed by atoms with Crippen LogP contribution < -0.4 is 5.32 Å². The van der Waals surface area contributed by atoms with Crippen molar-refractivity contribution in [3.8, 4) is 0 Å². The van der Waals surface area contributed by atoms with Gasteiger partial charge in [0.1, 0.15) is 0 Å². The molecule has 1 aliphatic carbocycles. The lowest BCUT2D eigenvalue weighted by atomic mass is 9.92. The molecule has 0 radical (unpaired) electrons. The SMILES string of the molecule is CCc1ccc(C(=O)NC2CCCCC2O)cc1. The molecule has 0 spiro atoms. The highest BCUT2D eigenvalue weighted by atomic mass is 16.3. The second-order valence-corrected chi connectivity index (χ2v) is 4.98. The van der Waals surface area contributed by atoms with Gasteiger partial charge in [0, 0.05) is 5.56 Å². The van der Waals surface area contributed by atoms with Gasteiger partial charge in [0.2, 0.25) is 0 Å². The third-order valence-electron chi connectivity index (χ3n) is 3.67. The minimum atomic E-state index is -0.391. The van der Waals surface area contributed by atoms with Gasteiger partial charge in [-0.25, -0.2) is 0 Å². The Morgan fingerprint density at radius 3 is 2.56 bits per heavy atom. The summed E-state index contributed by atoms with van der Waals surface area (Å²) in [6, 6.07) is 7.57. The van der Waals surface area contributed by atoms with Crippen molar-refractivity contribution in [3.05, 3.63) is 35.4 Å². The number of aliphatic hydroxyl groups is 1. The molecule has 1 aromatic rings. The molecule has 3 heteroatoms. The zero-order valence-corrected chi connectivity index (χ0v) is 10.9. The number of rotatable bonds is 3. The van der Waals surface area contributed by atoms with Gasteiger partial charge in [-0.05, 0) is 37.0 Å². The Labute approximate surface area is 108 Å². The van der Waals surface area contributed by atoms with Gasteiger partial charge in [0.05, 0.1) is 12.1 Å². The summed E-state index contributed by atoms with van der Waals surface area (Å²) in [6.07, 6.45) is 4.39. The summed E-state index contributed by atoms with van der Waals surface area (Å²) in [5, 5.41) is 12.8. The van der Waals surface area contributed by atoms with Crippen LogP contribution in [0.2, 0.25) is 0 Å². The lowest BCUT2D eigenvalue weighted by Crippen LogP contribution is -2.45. The number of carbonyl (C=O) groups excluding carboxylic acids is 1. The highest BCUT2D eigenvalue weighted by Gasteiger charge is 2.24. The molecule has 1 fully saturated rings. The number of aryl methyl sites for hydroxylation is 1. The molecule has 0 aliphatic heterocycles. The van der Waals surface area contributed by atoms with Crippen LogP contribution in [0.25, 0.3) is 0 Å². The second kappa shape index (κ2) is 6.01. The normalized spacial score (nSPS) is 23.7. The average Bonchev–Trinajstić information content (AvgIpc) is 2.41. The van der Waals surface area contributed by atoms with Crippen LogP contribution in [-0.4, -0.2) is 23.2 Å². The fraction of sp³-hybridized carbons (Fsp3) is 0.533. The van der Waals surface area contributed by atoms with Crippen LogP contribution in [0.1, 0.15) is 48.5 Å². The molecule has 98 valence electrons. The summed E-state index contributed by atoms with van der Waals surface area (Å²) < 4.78 is 0. The van der Waals surface area contributed by atoms with Crippen LogP contribution in [0, 0.1) is 0 Å². The zero-order chi connectivity index (χ0) is 13.0. The van der Waals surface area contributed by atoms with Crippen molar-refractivity contribution in [2.45, 2.75) is 51.2 Å². The van der Waals surface area contributed by atoms with E-state index in [9.17, 15) is 9.90 Å². The summed E-state index contributed by atoms with van der Waals surface area (Å²) in [4.78, 5) is 12.0. The number of hydrogen-bond donors (Lipinski definition) is 2. The monoisotopic (exact) mass is 247 g/mol. The third kappa shape index (κ3) is 3.10. The third-order valence-corrected chi connectivity index (χ3v) is 3.67. The van der Waals surface area contributed by atoms with Crippen LogP contribution in [0.3, 0.4) is 0 Å². The Kier molecular flexibility index (Phi) is 4.37. The molecule has 2 unspecified atom stereocenters.